The minimum Gasteiger partial charge on any atom is -0.330 e. The van der Waals surface area contributed by atoms with E-state index in [4.69, 9.17) is 5.73 Å². The molecule has 1 atom stereocenters. The average Bonchev–Trinajstić information content (AvgIpc) is 2.50. The SMILES string of the molecule is CCn1nncc1C(C)CN. The average molecular weight is 154 g/mol. The monoisotopic (exact) mass is 154 g/mol. The fourth-order valence-corrected chi connectivity index (χ4v) is 1.01. The highest BCUT2D eigenvalue weighted by Gasteiger charge is 2.08. The van der Waals surface area contributed by atoms with Crippen LogP contribution in [0.1, 0.15) is 25.5 Å². The third-order valence-corrected chi connectivity index (χ3v) is 1.81. The molecule has 1 unspecified atom stereocenters. The van der Waals surface area contributed by atoms with Gasteiger partial charge in [0.05, 0.1) is 11.9 Å². The molecule has 0 amide bonds. The van der Waals surface area contributed by atoms with Gasteiger partial charge in [0.1, 0.15) is 0 Å². The first kappa shape index (κ1) is 8.20. The Morgan fingerprint density at radius 1 is 1.73 bits per heavy atom. The molecular formula is C7H14N4. The highest BCUT2D eigenvalue weighted by molar-refractivity contribution is 5.01. The molecule has 0 spiro atoms. The van der Waals surface area contributed by atoms with Gasteiger partial charge in [0.25, 0.3) is 0 Å². The molecule has 0 fully saturated rings. The van der Waals surface area contributed by atoms with Crippen LogP contribution in [0.5, 0.6) is 0 Å². The van der Waals surface area contributed by atoms with Gasteiger partial charge < -0.3 is 5.73 Å². The van der Waals surface area contributed by atoms with Crippen molar-refractivity contribution in [2.75, 3.05) is 6.54 Å². The van der Waals surface area contributed by atoms with Gasteiger partial charge in [0.2, 0.25) is 0 Å². The number of hydrogen-bond donors (Lipinski definition) is 1. The maximum Gasteiger partial charge on any atom is 0.0728 e. The lowest BCUT2D eigenvalue weighted by molar-refractivity contribution is 0.569. The first-order chi connectivity index (χ1) is 5.29. The molecule has 4 nitrogen and oxygen atoms in total. The summed E-state index contributed by atoms with van der Waals surface area (Å²) in [5, 5.41) is 7.73. The molecule has 1 aromatic heterocycles. The second kappa shape index (κ2) is 3.48. The molecule has 0 aliphatic rings. The zero-order chi connectivity index (χ0) is 8.27. The van der Waals surface area contributed by atoms with Crippen LogP contribution in [0.2, 0.25) is 0 Å². The van der Waals surface area contributed by atoms with Gasteiger partial charge in [-0.2, -0.15) is 0 Å². The van der Waals surface area contributed by atoms with Crippen LogP contribution >= 0.6 is 0 Å². The lowest BCUT2D eigenvalue weighted by Gasteiger charge is -2.08. The number of aryl methyl sites for hydroxylation is 1. The summed E-state index contributed by atoms with van der Waals surface area (Å²) in [5.74, 6) is 0.352. The molecule has 62 valence electrons. The van der Waals surface area contributed by atoms with E-state index in [1.165, 1.54) is 0 Å². The quantitative estimate of drug-likeness (QED) is 0.684. The largest absolute Gasteiger partial charge is 0.330 e. The topological polar surface area (TPSA) is 56.7 Å². The van der Waals surface area contributed by atoms with Gasteiger partial charge in [0, 0.05) is 19.0 Å². The van der Waals surface area contributed by atoms with E-state index in [1.54, 1.807) is 6.20 Å². The van der Waals surface area contributed by atoms with E-state index in [2.05, 4.69) is 17.2 Å². The van der Waals surface area contributed by atoms with Crippen molar-refractivity contribution >= 4 is 0 Å². The van der Waals surface area contributed by atoms with Crippen molar-refractivity contribution in [1.29, 1.82) is 0 Å². The van der Waals surface area contributed by atoms with Crippen molar-refractivity contribution in [3.8, 4) is 0 Å². The Hall–Kier alpha value is -0.900. The smallest absolute Gasteiger partial charge is 0.0728 e. The molecule has 0 aromatic carbocycles. The minimum absolute atomic E-state index is 0.352. The Labute approximate surface area is 66.4 Å². The predicted octanol–water partition coefficient (Wildman–Crippen LogP) is 0.360. The number of rotatable bonds is 3. The van der Waals surface area contributed by atoms with Crippen LogP contribution in [0, 0.1) is 0 Å². The molecule has 0 aliphatic carbocycles. The minimum atomic E-state index is 0.352. The van der Waals surface area contributed by atoms with Crippen LogP contribution in [-0.4, -0.2) is 21.5 Å². The molecule has 4 heteroatoms. The van der Waals surface area contributed by atoms with Crippen LogP contribution in [0.25, 0.3) is 0 Å². The fraction of sp³-hybridized carbons (Fsp3) is 0.714. The molecule has 2 N–H and O–H groups in total. The molecule has 0 aliphatic heterocycles. The summed E-state index contributed by atoms with van der Waals surface area (Å²) in [6.07, 6.45) is 1.78. The highest BCUT2D eigenvalue weighted by atomic mass is 15.4. The van der Waals surface area contributed by atoms with Crippen LogP contribution in [0.15, 0.2) is 6.20 Å². The van der Waals surface area contributed by atoms with E-state index < -0.39 is 0 Å². The van der Waals surface area contributed by atoms with Crippen molar-refractivity contribution in [3.05, 3.63) is 11.9 Å². The maximum atomic E-state index is 5.52. The third-order valence-electron chi connectivity index (χ3n) is 1.81. The van der Waals surface area contributed by atoms with Crippen molar-refractivity contribution in [1.82, 2.24) is 15.0 Å². The van der Waals surface area contributed by atoms with Crippen molar-refractivity contribution < 1.29 is 0 Å². The van der Waals surface area contributed by atoms with E-state index in [0.717, 1.165) is 12.2 Å². The molecule has 1 rings (SSSR count). The van der Waals surface area contributed by atoms with Crippen LogP contribution < -0.4 is 5.73 Å². The molecular weight excluding hydrogens is 140 g/mol. The fourth-order valence-electron chi connectivity index (χ4n) is 1.01. The molecule has 0 bridgehead atoms. The Bertz CT molecular complexity index is 218. The molecule has 1 heterocycles. The van der Waals surface area contributed by atoms with E-state index in [9.17, 15) is 0 Å². The van der Waals surface area contributed by atoms with E-state index >= 15 is 0 Å². The zero-order valence-corrected chi connectivity index (χ0v) is 6.99. The lowest BCUT2D eigenvalue weighted by atomic mass is 10.1. The van der Waals surface area contributed by atoms with Crippen LogP contribution in [-0.2, 0) is 6.54 Å². The number of nitrogens with two attached hydrogens (primary N) is 1. The van der Waals surface area contributed by atoms with Crippen molar-refractivity contribution in [3.63, 3.8) is 0 Å². The van der Waals surface area contributed by atoms with E-state index in [0.29, 0.717) is 12.5 Å². The summed E-state index contributed by atoms with van der Waals surface area (Å²) >= 11 is 0. The van der Waals surface area contributed by atoms with Gasteiger partial charge in [-0.05, 0) is 6.92 Å². The lowest BCUT2D eigenvalue weighted by Crippen LogP contribution is -2.13. The Balaban J connectivity index is 2.83. The summed E-state index contributed by atoms with van der Waals surface area (Å²) in [4.78, 5) is 0. The number of nitrogens with zero attached hydrogens (tertiary/aromatic N) is 3. The highest BCUT2D eigenvalue weighted by Crippen LogP contribution is 2.10. The summed E-state index contributed by atoms with van der Waals surface area (Å²) < 4.78 is 1.87. The number of aromatic nitrogens is 3. The van der Waals surface area contributed by atoms with Gasteiger partial charge in [-0.25, -0.2) is 4.68 Å². The first-order valence-corrected chi connectivity index (χ1v) is 3.88. The van der Waals surface area contributed by atoms with Gasteiger partial charge in [-0.3, -0.25) is 0 Å². The van der Waals surface area contributed by atoms with Crippen LogP contribution in [0.3, 0.4) is 0 Å². The Morgan fingerprint density at radius 2 is 2.45 bits per heavy atom. The maximum absolute atomic E-state index is 5.52. The molecule has 0 saturated heterocycles. The summed E-state index contributed by atoms with van der Waals surface area (Å²) in [5.41, 5.74) is 6.64. The summed E-state index contributed by atoms with van der Waals surface area (Å²) in [6, 6.07) is 0. The normalized spacial score (nSPS) is 13.4. The summed E-state index contributed by atoms with van der Waals surface area (Å²) in [7, 11) is 0. The molecule has 0 radical (unpaired) electrons. The van der Waals surface area contributed by atoms with Gasteiger partial charge >= 0.3 is 0 Å². The summed E-state index contributed by atoms with van der Waals surface area (Å²) in [6.45, 7) is 5.62. The first-order valence-electron chi connectivity index (χ1n) is 3.88. The van der Waals surface area contributed by atoms with E-state index in [1.807, 2.05) is 11.6 Å². The number of hydrogen-bond acceptors (Lipinski definition) is 3. The Morgan fingerprint density at radius 3 is 3.00 bits per heavy atom. The van der Waals surface area contributed by atoms with Crippen molar-refractivity contribution in [2.24, 2.45) is 5.73 Å². The standard InChI is InChI=1S/C7H14N4/c1-3-11-7(5-9-10-11)6(2)4-8/h5-6H,3-4,8H2,1-2H3. The Kier molecular flexibility index (Phi) is 2.59. The molecule has 0 saturated carbocycles. The van der Waals surface area contributed by atoms with Crippen molar-refractivity contribution in [2.45, 2.75) is 26.3 Å². The van der Waals surface area contributed by atoms with Gasteiger partial charge in [-0.1, -0.05) is 12.1 Å². The molecule has 1 aromatic rings. The zero-order valence-electron chi connectivity index (χ0n) is 6.99. The van der Waals surface area contributed by atoms with Gasteiger partial charge in [-0.15, -0.1) is 5.10 Å². The third kappa shape index (κ3) is 1.57. The van der Waals surface area contributed by atoms with Gasteiger partial charge in [0.15, 0.2) is 0 Å². The van der Waals surface area contributed by atoms with E-state index in [-0.39, 0.29) is 0 Å². The second-order valence-corrected chi connectivity index (χ2v) is 2.61. The predicted molar refractivity (Wildman–Crippen MR) is 43.2 cm³/mol. The molecule has 11 heavy (non-hydrogen) atoms. The second-order valence-electron chi connectivity index (χ2n) is 2.61. The van der Waals surface area contributed by atoms with Crippen LogP contribution in [0.4, 0.5) is 0 Å².